The molecule has 6 nitrogen and oxygen atoms in total. The zero-order valence-corrected chi connectivity index (χ0v) is 11.8. The van der Waals surface area contributed by atoms with Crippen LogP contribution in [0.1, 0.15) is 19.3 Å². The number of benzene rings is 1. The summed E-state index contributed by atoms with van der Waals surface area (Å²) >= 11 is 0. The topological polar surface area (TPSA) is 75.9 Å². The van der Waals surface area contributed by atoms with Gasteiger partial charge in [-0.05, 0) is 43.5 Å². The molecule has 0 aromatic heterocycles. The zero-order valence-electron chi connectivity index (χ0n) is 11.8. The highest BCUT2D eigenvalue weighted by atomic mass is 16.6. The van der Waals surface area contributed by atoms with E-state index in [-0.39, 0.29) is 6.54 Å². The molecular formula is C15H19N3O3. The molecule has 2 amide bonds. The summed E-state index contributed by atoms with van der Waals surface area (Å²) in [5, 5.41) is 0. The van der Waals surface area contributed by atoms with E-state index in [4.69, 9.17) is 10.5 Å². The van der Waals surface area contributed by atoms with Crippen LogP contribution in [0.3, 0.4) is 0 Å². The van der Waals surface area contributed by atoms with E-state index in [2.05, 4.69) is 4.90 Å². The van der Waals surface area contributed by atoms with Crippen LogP contribution in [-0.2, 0) is 9.53 Å². The first-order valence-electron chi connectivity index (χ1n) is 7.27. The lowest BCUT2D eigenvalue weighted by molar-refractivity contribution is -0.124. The molecule has 21 heavy (non-hydrogen) atoms. The summed E-state index contributed by atoms with van der Waals surface area (Å²) in [4.78, 5) is 26.6. The molecule has 0 aliphatic carbocycles. The second-order valence-corrected chi connectivity index (χ2v) is 5.45. The van der Waals surface area contributed by atoms with Gasteiger partial charge in [0.15, 0.2) is 6.10 Å². The summed E-state index contributed by atoms with van der Waals surface area (Å²) in [6.45, 7) is 2.33. The van der Waals surface area contributed by atoms with Gasteiger partial charge in [0, 0.05) is 24.5 Å². The van der Waals surface area contributed by atoms with Crippen molar-refractivity contribution in [1.29, 1.82) is 0 Å². The van der Waals surface area contributed by atoms with Gasteiger partial charge in [0.1, 0.15) is 0 Å². The maximum absolute atomic E-state index is 11.8. The molecule has 2 fully saturated rings. The Morgan fingerprint density at radius 1 is 1.10 bits per heavy atom. The Balaban J connectivity index is 1.72. The van der Waals surface area contributed by atoms with Gasteiger partial charge in [-0.1, -0.05) is 0 Å². The number of carbonyl (C=O) groups is 2. The predicted molar refractivity (Wildman–Crippen MR) is 79.3 cm³/mol. The zero-order chi connectivity index (χ0) is 14.8. The van der Waals surface area contributed by atoms with Gasteiger partial charge in [-0.3, -0.25) is 9.69 Å². The van der Waals surface area contributed by atoms with Crippen LogP contribution >= 0.6 is 0 Å². The van der Waals surface area contributed by atoms with Gasteiger partial charge in [0.05, 0.1) is 6.54 Å². The normalized spacial score (nSPS) is 22.3. The number of cyclic esters (lactones) is 1. The summed E-state index contributed by atoms with van der Waals surface area (Å²) in [5.41, 5.74) is 7.06. The van der Waals surface area contributed by atoms with E-state index in [9.17, 15) is 9.59 Å². The number of rotatable bonds is 3. The van der Waals surface area contributed by atoms with Gasteiger partial charge in [-0.2, -0.15) is 0 Å². The molecule has 0 saturated carbocycles. The predicted octanol–water partition coefficient (Wildman–Crippen LogP) is 1.49. The van der Waals surface area contributed by atoms with Crippen LogP contribution in [0, 0.1) is 0 Å². The van der Waals surface area contributed by atoms with Crippen molar-refractivity contribution < 1.29 is 14.3 Å². The van der Waals surface area contributed by atoms with Crippen molar-refractivity contribution in [2.24, 2.45) is 5.73 Å². The molecule has 0 radical (unpaired) electrons. The number of nitrogens with two attached hydrogens (primary N) is 1. The highest BCUT2D eigenvalue weighted by molar-refractivity contribution is 5.95. The van der Waals surface area contributed by atoms with E-state index < -0.39 is 18.1 Å². The standard InChI is InChI=1S/C15H19N3O3/c16-14(19)13-10-18(15(20)21-13)12-6-4-11(5-7-12)17-8-2-1-3-9-17/h4-7,13H,1-3,8-10H2,(H2,16,19)/t13-/m1/s1. The Hall–Kier alpha value is -2.24. The smallest absolute Gasteiger partial charge is 0.415 e. The molecule has 1 aromatic rings. The van der Waals surface area contributed by atoms with E-state index in [1.165, 1.54) is 24.2 Å². The van der Waals surface area contributed by atoms with Gasteiger partial charge in [-0.15, -0.1) is 0 Å². The third-order valence-electron chi connectivity index (χ3n) is 4.01. The molecular weight excluding hydrogens is 270 g/mol. The molecule has 0 unspecified atom stereocenters. The highest BCUT2D eigenvalue weighted by Crippen LogP contribution is 2.26. The van der Waals surface area contributed by atoms with E-state index in [1.807, 2.05) is 24.3 Å². The number of nitrogens with zero attached hydrogens (tertiary/aromatic N) is 2. The van der Waals surface area contributed by atoms with Crippen molar-refractivity contribution >= 4 is 23.4 Å². The maximum Gasteiger partial charge on any atom is 0.415 e. The molecule has 1 atom stereocenters. The van der Waals surface area contributed by atoms with Gasteiger partial charge >= 0.3 is 6.09 Å². The van der Waals surface area contributed by atoms with Crippen LogP contribution in [0.4, 0.5) is 16.2 Å². The highest BCUT2D eigenvalue weighted by Gasteiger charge is 2.35. The van der Waals surface area contributed by atoms with E-state index >= 15 is 0 Å². The SMILES string of the molecule is NC(=O)[C@H]1CN(c2ccc(N3CCCCC3)cc2)C(=O)O1. The number of ether oxygens (including phenoxy) is 1. The van der Waals surface area contributed by atoms with Gasteiger partial charge < -0.3 is 15.4 Å². The molecule has 2 N–H and O–H groups in total. The quantitative estimate of drug-likeness (QED) is 0.914. The number of anilines is 2. The molecule has 2 heterocycles. The average molecular weight is 289 g/mol. The number of piperidine rings is 1. The number of amides is 2. The molecule has 6 heteroatoms. The number of hydrogen-bond donors (Lipinski definition) is 1. The Bertz CT molecular complexity index is 538. The lowest BCUT2D eigenvalue weighted by atomic mass is 10.1. The van der Waals surface area contributed by atoms with Crippen LogP contribution in [0.25, 0.3) is 0 Å². The molecule has 2 saturated heterocycles. The second-order valence-electron chi connectivity index (χ2n) is 5.45. The Kier molecular flexibility index (Phi) is 3.68. The summed E-state index contributed by atoms with van der Waals surface area (Å²) in [6, 6.07) is 7.78. The van der Waals surface area contributed by atoms with Gasteiger partial charge in [0.25, 0.3) is 5.91 Å². The summed E-state index contributed by atoms with van der Waals surface area (Å²) in [7, 11) is 0. The summed E-state index contributed by atoms with van der Waals surface area (Å²) < 4.78 is 4.94. The Morgan fingerprint density at radius 2 is 1.71 bits per heavy atom. The fraction of sp³-hybridized carbons (Fsp3) is 0.467. The van der Waals surface area contributed by atoms with Crippen molar-refractivity contribution in [3.05, 3.63) is 24.3 Å². The van der Waals surface area contributed by atoms with Crippen LogP contribution < -0.4 is 15.5 Å². The maximum atomic E-state index is 11.8. The molecule has 2 aliphatic rings. The van der Waals surface area contributed by atoms with Crippen LogP contribution in [0.15, 0.2) is 24.3 Å². The number of primary amides is 1. The molecule has 112 valence electrons. The number of carbonyl (C=O) groups excluding carboxylic acids is 2. The van der Waals surface area contributed by atoms with Crippen molar-refractivity contribution in [3.63, 3.8) is 0 Å². The minimum absolute atomic E-state index is 0.178. The monoisotopic (exact) mass is 289 g/mol. The molecule has 2 aliphatic heterocycles. The van der Waals surface area contributed by atoms with E-state index in [0.29, 0.717) is 0 Å². The first-order valence-corrected chi connectivity index (χ1v) is 7.27. The first kappa shape index (κ1) is 13.7. The minimum atomic E-state index is -0.862. The minimum Gasteiger partial charge on any atom is -0.434 e. The van der Waals surface area contributed by atoms with E-state index in [1.54, 1.807) is 0 Å². The van der Waals surface area contributed by atoms with Crippen molar-refractivity contribution in [2.45, 2.75) is 25.4 Å². The fourth-order valence-electron chi connectivity index (χ4n) is 2.82. The first-order chi connectivity index (χ1) is 10.1. The molecule has 3 rings (SSSR count). The third kappa shape index (κ3) is 2.79. The lowest BCUT2D eigenvalue weighted by Gasteiger charge is -2.29. The van der Waals surface area contributed by atoms with Crippen molar-refractivity contribution in [3.8, 4) is 0 Å². The van der Waals surface area contributed by atoms with Crippen LogP contribution in [0.5, 0.6) is 0 Å². The molecule has 0 spiro atoms. The third-order valence-corrected chi connectivity index (χ3v) is 4.01. The van der Waals surface area contributed by atoms with Crippen molar-refractivity contribution in [1.82, 2.24) is 0 Å². The van der Waals surface area contributed by atoms with Gasteiger partial charge in [-0.25, -0.2) is 4.79 Å². The van der Waals surface area contributed by atoms with Crippen molar-refractivity contribution in [2.75, 3.05) is 29.4 Å². The van der Waals surface area contributed by atoms with Gasteiger partial charge in [0.2, 0.25) is 0 Å². The number of hydrogen-bond acceptors (Lipinski definition) is 4. The molecule has 0 bridgehead atoms. The molecule has 1 aromatic carbocycles. The second kappa shape index (κ2) is 5.63. The Morgan fingerprint density at radius 3 is 2.29 bits per heavy atom. The summed E-state index contributed by atoms with van der Waals surface area (Å²) in [6.07, 6.45) is 2.35. The van der Waals surface area contributed by atoms with Crippen LogP contribution in [-0.4, -0.2) is 37.7 Å². The summed E-state index contributed by atoms with van der Waals surface area (Å²) in [5.74, 6) is -0.615. The van der Waals surface area contributed by atoms with Crippen LogP contribution in [0.2, 0.25) is 0 Å². The fourth-order valence-corrected chi connectivity index (χ4v) is 2.82. The Labute approximate surface area is 123 Å². The average Bonchev–Trinajstić information content (AvgIpc) is 2.91. The largest absolute Gasteiger partial charge is 0.434 e. The lowest BCUT2D eigenvalue weighted by Crippen LogP contribution is -2.32. The van der Waals surface area contributed by atoms with E-state index in [0.717, 1.165) is 24.5 Å².